The summed E-state index contributed by atoms with van der Waals surface area (Å²) in [5.74, 6) is 0.449. The fourth-order valence-electron chi connectivity index (χ4n) is 4.69. The number of aromatic nitrogens is 3. The molecule has 0 bridgehead atoms. The molecule has 0 spiro atoms. The highest BCUT2D eigenvalue weighted by Crippen LogP contribution is 2.36. The number of anilines is 1. The smallest absolute Gasteiger partial charge is 0.268 e. The van der Waals surface area contributed by atoms with Crippen LogP contribution < -0.4 is 11.1 Å². The Kier molecular flexibility index (Phi) is 5.83. The zero-order chi connectivity index (χ0) is 23.9. The molecule has 7 nitrogen and oxygen atoms in total. The SMILES string of the molecule is C[C@@]1(N)CCC[C@H](Nc2ncc(Cl)c(-c3cn(S(=O)(=O)c4ccccc4)c4ccccc34)n2)C1. The van der Waals surface area contributed by atoms with Gasteiger partial charge in [-0.3, -0.25) is 0 Å². The summed E-state index contributed by atoms with van der Waals surface area (Å²) in [7, 11) is -3.81. The van der Waals surface area contributed by atoms with Crippen LogP contribution in [0.5, 0.6) is 0 Å². The minimum atomic E-state index is -3.81. The number of hydrogen-bond donors (Lipinski definition) is 2. The molecule has 4 aromatic rings. The number of fused-ring (bicyclic) bond motifs is 1. The van der Waals surface area contributed by atoms with Crippen molar-refractivity contribution < 1.29 is 8.42 Å². The maximum absolute atomic E-state index is 13.4. The first-order chi connectivity index (χ1) is 16.2. The maximum atomic E-state index is 13.4. The van der Waals surface area contributed by atoms with E-state index in [0.717, 1.165) is 31.1 Å². The lowest BCUT2D eigenvalue weighted by molar-refractivity contribution is 0.302. The van der Waals surface area contributed by atoms with E-state index in [4.69, 9.17) is 22.3 Å². The molecule has 0 saturated heterocycles. The topological polar surface area (TPSA) is 103 Å². The first kappa shape index (κ1) is 22.8. The summed E-state index contributed by atoms with van der Waals surface area (Å²) in [4.78, 5) is 9.28. The van der Waals surface area contributed by atoms with Crippen LogP contribution in [0.1, 0.15) is 32.6 Å². The molecule has 176 valence electrons. The van der Waals surface area contributed by atoms with Crippen LogP contribution in [-0.2, 0) is 10.0 Å². The quantitative estimate of drug-likeness (QED) is 0.401. The molecule has 0 amide bonds. The molecule has 9 heteroatoms. The van der Waals surface area contributed by atoms with Gasteiger partial charge in [0, 0.05) is 28.7 Å². The Bertz CT molecular complexity index is 1450. The van der Waals surface area contributed by atoms with Gasteiger partial charge in [0.15, 0.2) is 0 Å². The summed E-state index contributed by atoms with van der Waals surface area (Å²) in [6.45, 7) is 2.07. The highest BCUT2D eigenvalue weighted by atomic mass is 35.5. The molecule has 2 aromatic carbocycles. The minimum absolute atomic E-state index is 0.164. The van der Waals surface area contributed by atoms with Crippen LogP contribution in [0.25, 0.3) is 22.2 Å². The number of rotatable bonds is 5. The summed E-state index contributed by atoms with van der Waals surface area (Å²) in [6.07, 6.45) is 6.98. The van der Waals surface area contributed by atoms with Crippen LogP contribution >= 0.6 is 11.6 Å². The van der Waals surface area contributed by atoms with Crippen LogP contribution in [0.3, 0.4) is 0 Å². The van der Waals surface area contributed by atoms with Gasteiger partial charge in [0.2, 0.25) is 5.95 Å². The molecule has 0 radical (unpaired) electrons. The second-order valence-corrected chi connectivity index (χ2v) is 11.4. The van der Waals surface area contributed by atoms with Crippen molar-refractivity contribution in [2.75, 3.05) is 5.32 Å². The van der Waals surface area contributed by atoms with E-state index in [0.29, 0.717) is 27.7 Å². The van der Waals surface area contributed by atoms with Gasteiger partial charge in [0.1, 0.15) is 0 Å². The van der Waals surface area contributed by atoms with Crippen LogP contribution in [-0.4, -0.2) is 33.9 Å². The predicted molar refractivity (Wildman–Crippen MR) is 135 cm³/mol. The first-order valence-electron chi connectivity index (χ1n) is 11.2. The second kappa shape index (κ2) is 8.69. The Morgan fingerprint density at radius 2 is 1.88 bits per heavy atom. The maximum Gasteiger partial charge on any atom is 0.268 e. The number of benzene rings is 2. The van der Waals surface area contributed by atoms with Crippen LogP contribution in [0.2, 0.25) is 5.02 Å². The highest BCUT2D eigenvalue weighted by molar-refractivity contribution is 7.90. The number of para-hydroxylation sites is 1. The van der Waals surface area contributed by atoms with E-state index in [2.05, 4.69) is 17.2 Å². The molecule has 1 aliphatic carbocycles. The van der Waals surface area contributed by atoms with Crippen molar-refractivity contribution in [1.29, 1.82) is 0 Å². The lowest BCUT2D eigenvalue weighted by Crippen LogP contribution is -2.45. The minimum Gasteiger partial charge on any atom is -0.351 e. The van der Waals surface area contributed by atoms with Gasteiger partial charge in [-0.15, -0.1) is 0 Å². The van der Waals surface area contributed by atoms with Crippen LogP contribution in [0, 0.1) is 0 Å². The average Bonchev–Trinajstić information content (AvgIpc) is 3.21. The number of nitrogens with one attached hydrogen (secondary N) is 1. The molecular formula is C25H26ClN5O2S. The van der Waals surface area contributed by atoms with Crippen molar-refractivity contribution in [3.05, 3.63) is 72.0 Å². The van der Waals surface area contributed by atoms with Crippen LogP contribution in [0.15, 0.2) is 71.9 Å². The van der Waals surface area contributed by atoms with E-state index >= 15 is 0 Å². The summed E-state index contributed by atoms with van der Waals surface area (Å²) >= 11 is 6.53. The number of hydrogen-bond acceptors (Lipinski definition) is 6. The third kappa shape index (κ3) is 4.29. The Balaban J connectivity index is 1.58. The van der Waals surface area contributed by atoms with E-state index < -0.39 is 10.0 Å². The largest absolute Gasteiger partial charge is 0.351 e. The van der Waals surface area contributed by atoms with Gasteiger partial charge in [-0.1, -0.05) is 48.0 Å². The zero-order valence-electron chi connectivity index (χ0n) is 18.8. The average molecular weight is 496 g/mol. The molecule has 1 aliphatic rings. The van der Waals surface area contributed by atoms with E-state index in [1.54, 1.807) is 48.8 Å². The van der Waals surface area contributed by atoms with E-state index in [1.807, 2.05) is 18.2 Å². The van der Waals surface area contributed by atoms with Crippen molar-refractivity contribution in [2.24, 2.45) is 5.73 Å². The molecule has 0 aliphatic heterocycles. The van der Waals surface area contributed by atoms with Crippen molar-refractivity contribution in [3.63, 3.8) is 0 Å². The third-order valence-corrected chi connectivity index (χ3v) is 8.29. The highest BCUT2D eigenvalue weighted by Gasteiger charge is 2.29. The molecule has 1 fully saturated rings. The van der Waals surface area contributed by atoms with Gasteiger partial charge in [-0.25, -0.2) is 22.4 Å². The number of nitrogens with zero attached hydrogens (tertiary/aromatic N) is 3. The Hall–Kier alpha value is -2.94. The Morgan fingerprint density at radius 3 is 2.65 bits per heavy atom. The molecular weight excluding hydrogens is 470 g/mol. The monoisotopic (exact) mass is 495 g/mol. The Labute approximate surface area is 204 Å². The molecule has 2 aromatic heterocycles. The lowest BCUT2D eigenvalue weighted by atomic mass is 9.81. The fourth-order valence-corrected chi connectivity index (χ4v) is 6.28. The van der Waals surface area contributed by atoms with Crippen LogP contribution in [0.4, 0.5) is 5.95 Å². The van der Waals surface area contributed by atoms with Gasteiger partial charge in [0.05, 0.1) is 27.3 Å². The fraction of sp³-hybridized carbons (Fsp3) is 0.280. The molecule has 3 N–H and O–H groups in total. The summed E-state index contributed by atoms with van der Waals surface area (Å²) in [5, 5.41) is 4.48. The lowest BCUT2D eigenvalue weighted by Gasteiger charge is -2.35. The molecule has 2 atom stereocenters. The van der Waals surface area contributed by atoms with E-state index in [-0.39, 0.29) is 16.5 Å². The molecule has 0 unspecified atom stereocenters. The summed E-state index contributed by atoms with van der Waals surface area (Å²) < 4.78 is 28.2. The van der Waals surface area contributed by atoms with Crippen molar-refractivity contribution in [3.8, 4) is 11.3 Å². The van der Waals surface area contributed by atoms with Gasteiger partial charge >= 0.3 is 0 Å². The zero-order valence-corrected chi connectivity index (χ0v) is 20.4. The standard InChI is InChI=1S/C25H26ClN5O2S/c1-25(27)13-7-8-17(14-25)29-24-28-15-21(26)23(30-24)20-16-31(22-12-6-5-11-19(20)22)34(32,33)18-9-3-2-4-10-18/h2-6,9-12,15-17H,7-8,13-14,27H2,1H3,(H,28,29,30)/t17-,25+/m0/s1. The Morgan fingerprint density at radius 1 is 1.15 bits per heavy atom. The van der Waals surface area contributed by atoms with Gasteiger partial charge < -0.3 is 11.1 Å². The second-order valence-electron chi connectivity index (χ2n) is 9.16. The van der Waals surface area contributed by atoms with E-state index in [1.165, 1.54) is 3.97 Å². The van der Waals surface area contributed by atoms with Crippen molar-refractivity contribution >= 4 is 38.5 Å². The molecule has 1 saturated carbocycles. The number of nitrogens with two attached hydrogens (primary N) is 1. The van der Waals surface area contributed by atoms with Gasteiger partial charge in [-0.2, -0.15) is 0 Å². The molecule has 2 heterocycles. The van der Waals surface area contributed by atoms with Crippen molar-refractivity contribution in [2.45, 2.75) is 49.1 Å². The summed E-state index contributed by atoms with van der Waals surface area (Å²) in [5.41, 5.74) is 7.79. The third-order valence-electron chi connectivity index (χ3n) is 6.32. The van der Waals surface area contributed by atoms with Crippen molar-refractivity contribution in [1.82, 2.24) is 13.9 Å². The van der Waals surface area contributed by atoms with Gasteiger partial charge in [0.25, 0.3) is 10.0 Å². The molecule has 34 heavy (non-hydrogen) atoms. The predicted octanol–water partition coefficient (Wildman–Crippen LogP) is 5.06. The normalized spacial score (nSPS) is 21.0. The molecule has 5 rings (SSSR count). The van der Waals surface area contributed by atoms with E-state index in [9.17, 15) is 8.42 Å². The first-order valence-corrected chi connectivity index (χ1v) is 13.1. The summed E-state index contributed by atoms with van der Waals surface area (Å²) in [6, 6.07) is 15.8. The number of halogens is 1. The van der Waals surface area contributed by atoms with Gasteiger partial charge in [-0.05, 0) is 50.8 Å².